The van der Waals surface area contributed by atoms with Crippen molar-refractivity contribution in [3.8, 4) is 6.07 Å². The Labute approximate surface area is 194 Å². The molecule has 0 unspecified atom stereocenters. The van der Waals surface area contributed by atoms with E-state index in [2.05, 4.69) is 21.6 Å². The van der Waals surface area contributed by atoms with Gasteiger partial charge in [0.2, 0.25) is 5.91 Å². The van der Waals surface area contributed by atoms with Crippen molar-refractivity contribution in [2.75, 3.05) is 11.1 Å². The van der Waals surface area contributed by atoms with E-state index in [1.807, 2.05) is 6.92 Å². The standard InChI is InChI=1S/C21H21N5O3S3/c1-13-6-8-14(9-7-13)32(28,29)12-18-24-25-21(26(18)2)30-11-19(27)23-20-16(10-22)15-4-3-5-17(15)31-20/h6-9H,3-5,11-12H2,1-2H3,(H,23,27). The number of aromatic nitrogens is 3. The van der Waals surface area contributed by atoms with E-state index in [0.29, 0.717) is 21.5 Å². The zero-order valence-electron chi connectivity index (χ0n) is 17.6. The number of carbonyl (C=O) groups is 1. The minimum Gasteiger partial charge on any atom is -0.316 e. The van der Waals surface area contributed by atoms with Crippen molar-refractivity contribution in [1.29, 1.82) is 5.26 Å². The molecule has 11 heteroatoms. The number of thiophene rings is 1. The summed E-state index contributed by atoms with van der Waals surface area (Å²) in [7, 11) is -1.88. The number of thioether (sulfide) groups is 1. The van der Waals surface area contributed by atoms with E-state index >= 15 is 0 Å². The van der Waals surface area contributed by atoms with Gasteiger partial charge >= 0.3 is 0 Å². The van der Waals surface area contributed by atoms with Crippen LogP contribution in [0.2, 0.25) is 0 Å². The largest absolute Gasteiger partial charge is 0.316 e. The number of nitrogens with one attached hydrogen (secondary N) is 1. The van der Waals surface area contributed by atoms with Crippen LogP contribution in [0.15, 0.2) is 34.3 Å². The number of rotatable bonds is 7. The SMILES string of the molecule is Cc1ccc(S(=O)(=O)Cc2nnc(SCC(=O)Nc3sc4c(c3C#N)CCC4)n2C)cc1. The minimum absolute atomic E-state index is 0.0735. The van der Waals surface area contributed by atoms with Crippen molar-refractivity contribution in [3.05, 3.63) is 51.7 Å². The van der Waals surface area contributed by atoms with Crippen LogP contribution in [0.25, 0.3) is 0 Å². The van der Waals surface area contributed by atoms with E-state index in [4.69, 9.17) is 0 Å². The average Bonchev–Trinajstić information content (AvgIpc) is 3.42. The van der Waals surface area contributed by atoms with Crippen LogP contribution in [-0.4, -0.2) is 34.8 Å². The first kappa shape index (κ1) is 22.5. The number of carbonyl (C=O) groups excluding carboxylic acids is 1. The molecule has 0 spiro atoms. The van der Waals surface area contributed by atoms with Gasteiger partial charge in [-0.05, 0) is 43.9 Å². The monoisotopic (exact) mass is 487 g/mol. The molecule has 0 saturated carbocycles. The van der Waals surface area contributed by atoms with Crippen molar-refractivity contribution >= 4 is 43.8 Å². The van der Waals surface area contributed by atoms with E-state index in [9.17, 15) is 18.5 Å². The zero-order chi connectivity index (χ0) is 22.9. The smallest absolute Gasteiger partial charge is 0.235 e. The normalized spacial score (nSPS) is 13.0. The van der Waals surface area contributed by atoms with E-state index in [-0.39, 0.29) is 22.3 Å². The molecule has 0 bridgehead atoms. The second-order valence-corrected chi connectivity index (χ2v) is 11.6. The lowest BCUT2D eigenvalue weighted by molar-refractivity contribution is -0.113. The first-order chi connectivity index (χ1) is 15.3. The fourth-order valence-corrected chi connectivity index (χ4v) is 6.79. The third-order valence-electron chi connectivity index (χ3n) is 5.24. The Bertz CT molecular complexity index is 1320. The van der Waals surface area contributed by atoms with Gasteiger partial charge in [-0.2, -0.15) is 5.26 Å². The first-order valence-electron chi connectivity index (χ1n) is 9.93. The molecule has 0 fully saturated rings. The highest BCUT2D eigenvalue weighted by atomic mass is 32.2. The van der Waals surface area contributed by atoms with E-state index in [1.165, 1.54) is 28.0 Å². The molecule has 2 aromatic heterocycles. The van der Waals surface area contributed by atoms with Gasteiger partial charge in [0.05, 0.1) is 16.2 Å². The second-order valence-electron chi connectivity index (χ2n) is 7.54. The Morgan fingerprint density at radius 1 is 1.28 bits per heavy atom. The summed E-state index contributed by atoms with van der Waals surface area (Å²) in [5.74, 6) is -0.152. The van der Waals surface area contributed by atoms with Gasteiger partial charge in [0, 0.05) is 11.9 Å². The summed E-state index contributed by atoms with van der Waals surface area (Å²) in [6.07, 6.45) is 2.88. The van der Waals surface area contributed by atoms with Gasteiger partial charge in [-0.1, -0.05) is 29.5 Å². The fourth-order valence-electron chi connectivity index (χ4n) is 3.50. The van der Waals surface area contributed by atoms with Crippen molar-refractivity contribution in [3.63, 3.8) is 0 Å². The number of fused-ring (bicyclic) bond motifs is 1. The Hall–Kier alpha value is -2.68. The van der Waals surface area contributed by atoms with Crippen LogP contribution in [0.3, 0.4) is 0 Å². The van der Waals surface area contributed by atoms with Crippen molar-refractivity contribution < 1.29 is 13.2 Å². The molecule has 1 N–H and O–H groups in total. The maximum atomic E-state index is 12.7. The molecule has 2 heterocycles. The third kappa shape index (κ3) is 4.57. The molecule has 32 heavy (non-hydrogen) atoms. The van der Waals surface area contributed by atoms with Crippen LogP contribution < -0.4 is 5.32 Å². The molecule has 1 aromatic carbocycles. The van der Waals surface area contributed by atoms with Crippen molar-refractivity contribution in [2.45, 2.75) is 42.0 Å². The van der Waals surface area contributed by atoms with Crippen LogP contribution in [-0.2, 0) is 40.3 Å². The molecule has 0 atom stereocenters. The van der Waals surface area contributed by atoms with Gasteiger partial charge in [0.15, 0.2) is 15.0 Å². The van der Waals surface area contributed by atoms with Crippen LogP contribution in [0.4, 0.5) is 5.00 Å². The molecule has 1 aliphatic carbocycles. The summed E-state index contributed by atoms with van der Waals surface area (Å²) in [5, 5.41) is 21.4. The highest BCUT2D eigenvalue weighted by Gasteiger charge is 2.24. The van der Waals surface area contributed by atoms with E-state index in [0.717, 1.165) is 30.4 Å². The summed E-state index contributed by atoms with van der Waals surface area (Å²) in [4.78, 5) is 13.9. The highest BCUT2D eigenvalue weighted by Crippen LogP contribution is 2.38. The van der Waals surface area contributed by atoms with Crippen LogP contribution in [0, 0.1) is 18.3 Å². The summed E-state index contributed by atoms with van der Waals surface area (Å²) < 4.78 is 27.0. The topological polar surface area (TPSA) is 118 Å². The number of benzene rings is 1. The second kappa shape index (κ2) is 9.05. The molecule has 1 amide bonds. The molecule has 4 rings (SSSR count). The Kier molecular flexibility index (Phi) is 6.37. The molecule has 0 saturated heterocycles. The Morgan fingerprint density at radius 3 is 2.75 bits per heavy atom. The van der Waals surface area contributed by atoms with Gasteiger partial charge in [0.1, 0.15) is 22.6 Å². The number of anilines is 1. The lowest BCUT2D eigenvalue weighted by atomic mass is 10.1. The molecule has 0 radical (unpaired) electrons. The number of aryl methyl sites for hydroxylation is 2. The molecular formula is C21H21N5O3S3. The average molecular weight is 488 g/mol. The van der Waals surface area contributed by atoms with Gasteiger partial charge < -0.3 is 9.88 Å². The number of nitriles is 1. The maximum absolute atomic E-state index is 12.7. The molecule has 3 aromatic rings. The highest BCUT2D eigenvalue weighted by molar-refractivity contribution is 7.99. The number of amides is 1. The minimum atomic E-state index is -3.56. The number of hydrogen-bond acceptors (Lipinski definition) is 8. The summed E-state index contributed by atoms with van der Waals surface area (Å²) >= 11 is 2.64. The van der Waals surface area contributed by atoms with Gasteiger partial charge in [-0.15, -0.1) is 21.5 Å². The van der Waals surface area contributed by atoms with E-state index < -0.39 is 9.84 Å². The predicted octanol–water partition coefficient (Wildman–Crippen LogP) is 3.25. The molecule has 0 aliphatic heterocycles. The summed E-state index contributed by atoms with van der Waals surface area (Å²) in [6.45, 7) is 1.89. The fraction of sp³-hybridized carbons (Fsp3) is 0.333. The van der Waals surface area contributed by atoms with Crippen LogP contribution >= 0.6 is 23.1 Å². The van der Waals surface area contributed by atoms with Crippen LogP contribution in [0.1, 0.15) is 33.8 Å². The number of sulfone groups is 1. The number of hydrogen-bond donors (Lipinski definition) is 1. The first-order valence-corrected chi connectivity index (χ1v) is 13.4. The molecular weight excluding hydrogens is 466 g/mol. The third-order valence-corrected chi connectivity index (χ3v) is 9.10. The van der Waals surface area contributed by atoms with Gasteiger partial charge in [-0.3, -0.25) is 4.79 Å². The number of nitrogens with zero attached hydrogens (tertiary/aromatic N) is 4. The zero-order valence-corrected chi connectivity index (χ0v) is 20.0. The Morgan fingerprint density at radius 2 is 2.03 bits per heavy atom. The molecule has 8 nitrogen and oxygen atoms in total. The molecule has 166 valence electrons. The quantitative estimate of drug-likeness (QED) is 0.508. The van der Waals surface area contributed by atoms with Crippen molar-refractivity contribution in [1.82, 2.24) is 14.8 Å². The van der Waals surface area contributed by atoms with Crippen molar-refractivity contribution in [2.24, 2.45) is 7.05 Å². The summed E-state index contributed by atoms with van der Waals surface area (Å²) in [6, 6.07) is 8.88. The van der Waals surface area contributed by atoms with E-state index in [1.54, 1.807) is 35.9 Å². The maximum Gasteiger partial charge on any atom is 0.235 e. The lowest BCUT2D eigenvalue weighted by Crippen LogP contribution is -2.14. The van der Waals surface area contributed by atoms with Gasteiger partial charge in [-0.25, -0.2) is 8.42 Å². The van der Waals surface area contributed by atoms with Crippen LogP contribution in [0.5, 0.6) is 0 Å². The Balaban J connectivity index is 1.39. The molecule has 1 aliphatic rings. The summed E-state index contributed by atoms with van der Waals surface area (Å²) in [5.41, 5.74) is 2.62. The lowest BCUT2D eigenvalue weighted by Gasteiger charge is -2.06. The van der Waals surface area contributed by atoms with Gasteiger partial charge in [0.25, 0.3) is 0 Å². The predicted molar refractivity (Wildman–Crippen MR) is 123 cm³/mol.